The van der Waals surface area contributed by atoms with Crippen LogP contribution in [-0.2, 0) is 6.54 Å². The molecule has 0 bridgehead atoms. The zero-order chi connectivity index (χ0) is 18.6. The second-order valence-corrected chi connectivity index (χ2v) is 8.15. The third kappa shape index (κ3) is 4.20. The minimum absolute atomic E-state index is 0.0279. The molecule has 5 heteroatoms. The highest BCUT2D eigenvalue weighted by atomic mass is 32.2. The van der Waals surface area contributed by atoms with Crippen molar-refractivity contribution < 1.29 is 0 Å². The predicted molar refractivity (Wildman–Crippen MR) is 114 cm³/mol. The van der Waals surface area contributed by atoms with Gasteiger partial charge in [0.05, 0.1) is 5.52 Å². The molecule has 1 aliphatic rings. The molecule has 1 saturated carbocycles. The Morgan fingerprint density at radius 1 is 1.04 bits per heavy atom. The number of nitrogens with one attached hydrogen (secondary N) is 1. The van der Waals surface area contributed by atoms with Crippen LogP contribution in [-0.4, -0.2) is 10.6 Å². The van der Waals surface area contributed by atoms with Crippen LogP contribution in [0.25, 0.3) is 10.9 Å². The van der Waals surface area contributed by atoms with Crippen molar-refractivity contribution in [3.63, 3.8) is 0 Å². The van der Waals surface area contributed by atoms with Gasteiger partial charge < -0.3 is 10.3 Å². The van der Waals surface area contributed by atoms with Crippen LogP contribution in [0.3, 0.4) is 0 Å². The Labute approximate surface area is 163 Å². The summed E-state index contributed by atoms with van der Waals surface area (Å²) in [7, 11) is 0. The van der Waals surface area contributed by atoms with Crippen molar-refractivity contribution in [2.24, 2.45) is 0 Å². The maximum absolute atomic E-state index is 12.1. The van der Waals surface area contributed by atoms with E-state index in [1.54, 1.807) is 11.9 Å². The first kappa shape index (κ1) is 18.1. The van der Waals surface area contributed by atoms with Crippen LogP contribution in [0.1, 0.15) is 37.7 Å². The van der Waals surface area contributed by atoms with Crippen molar-refractivity contribution in [1.82, 2.24) is 9.29 Å². The molecule has 3 N–H and O–H groups in total. The number of para-hydroxylation sites is 1. The molecule has 1 aromatic heterocycles. The lowest BCUT2D eigenvalue weighted by Crippen LogP contribution is -2.25. The van der Waals surface area contributed by atoms with Crippen LogP contribution in [0.5, 0.6) is 0 Å². The second kappa shape index (κ2) is 8.19. The van der Waals surface area contributed by atoms with Crippen LogP contribution in [0.15, 0.2) is 64.3 Å². The quantitative estimate of drug-likeness (QED) is 0.638. The first-order chi connectivity index (χ1) is 13.2. The normalized spacial score (nSPS) is 15.3. The monoisotopic (exact) mass is 379 g/mol. The Balaban J connectivity index is 1.49. The predicted octanol–water partition coefficient (Wildman–Crippen LogP) is 4.56. The van der Waals surface area contributed by atoms with E-state index < -0.39 is 0 Å². The molecular weight excluding hydrogens is 354 g/mol. The lowest BCUT2D eigenvalue weighted by molar-refractivity contribution is 0.423. The molecular formula is C22H25N3OS. The van der Waals surface area contributed by atoms with Gasteiger partial charge in [0.25, 0.3) is 0 Å². The van der Waals surface area contributed by atoms with Gasteiger partial charge in [-0.2, -0.15) is 0 Å². The summed E-state index contributed by atoms with van der Waals surface area (Å²) in [5, 5.41) is 0.704. The third-order valence-electron chi connectivity index (χ3n) is 5.26. The van der Waals surface area contributed by atoms with Crippen LogP contribution >= 0.6 is 11.9 Å². The molecule has 0 unspecified atom stereocenters. The summed E-state index contributed by atoms with van der Waals surface area (Å²) in [4.78, 5) is 13.4. The summed E-state index contributed by atoms with van der Waals surface area (Å²) in [5.41, 5.74) is 8.16. The molecule has 140 valence electrons. The molecule has 1 heterocycles. The Hall–Kier alpha value is -2.24. The molecule has 2 aromatic carbocycles. The number of anilines is 1. The number of hydrogen-bond acceptors (Lipinski definition) is 4. The van der Waals surface area contributed by atoms with Crippen molar-refractivity contribution in [2.75, 3.05) is 5.73 Å². The fourth-order valence-electron chi connectivity index (χ4n) is 3.74. The lowest BCUT2D eigenvalue weighted by atomic mass is 9.96. The number of rotatable bonds is 5. The molecule has 1 aliphatic carbocycles. The van der Waals surface area contributed by atoms with Crippen molar-refractivity contribution in [2.45, 2.75) is 49.6 Å². The van der Waals surface area contributed by atoms with E-state index in [1.807, 2.05) is 28.8 Å². The summed E-state index contributed by atoms with van der Waals surface area (Å²) >= 11 is 1.73. The highest BCUT2D eigenvalue weighted by molar-refractivity contribution is 7.97. The molecule has 0 saturated heterocycles. The Morgan fingerprint density at radius 3 is 2.56 bits per heavy atom. The van der Waals surface area contributed by atoms with Crippen molar-refractivity contribution in [3.05, 3.63) is 70.4 Å². The van der Waals surface area contributed by atoms with Crippen molar-refractivity contribution >= 4 is 28.7 Å². The molecule has 0 spiro atoms. The van der Waals surface area contributed by atoms with Gasteiger partial charge >= 0.3 is 0 Å². The molecule has 0 amide bonds. The lowest BCUT2D eigenvalue weighted by Gasteiger charge is -2.22. The molecule has 27 heavy (non-hydrogen) atoms. The number of nitrogens with two attached hydrogens (primary N) is 1. The van der Waals surface area contributed by atoms with Crippen LogP contribution in [0.4, 0.5) is 5.82 Å². The van der Waals surface area contributed by atoms with Gasteiger partial charge in [-0.25, -0.2) is 0 Å². The average molecular weight is 380 g/mol. The maximum atomic E-state index is 12.1. The first-order valence-electron chi connectivity index (χ1n) is 9.60. The van der Waals surface area contributed by atoms with Gasteiger partial charge in [-0.1, -0.05) is 43.5 Å². The van der Waals surface area contributed by atoms with Gasteiger partial charge in [0, 0.05) is 28.9 Å². The SMILES string of the molecule is Nc1cc(=O)c2ccccc2n1Cc1ccc(SNC2CCCCC2)cc1. The molecule has 0 radical (unpaired) electrons. The van der Waals surface area contributed by atoms with Crippen LogP contribution in [0, 0.1) is 0 Å². The van der Waals surface area contributed by atoms with Gasteiger partial charge in [-0.15, -0.1) is 0 Å². The zero-order valence-electron chi connectivity index (χ0n) is 15.4. The number of pyridine rings is 1. The number of hydrogen-bond donors (Lipinski definition) is 2. The number of aromatic nitrogens is 1. The highest BCUT2D eigenvalue weighted by Crippen LogP contribution is 2.23. The summed E-state index contributed by atoms with van der Waals surface area (Å²) in [6.45, 7) is 0.646. The van der Waals surface area contributed by atoms with Crippen molar-refractivity contribution in [1.29, 1.82) is 0 Å². The van der Waals surface area contributed by atoms with E-state index in [0.717, 1.165) is 11.1 Å². The maximum Gasteiger partial charge on any atom is 0.191 e. The van der Waals surface area contributed by atoms with E-state index in [4.69, 9.17) is 5.73 Å². The van der Waals surface area contributed by atoms with E-state index in [9.17, 15) is 4.79 Å². The Morgan fingerprint density at radius 2 is 1.78 bits per heavy atom. The van der Waals surface area contributed by atoms with E-state index in [0.29, 0.717) is 23.8 Å². The van der Waals surface area contributed by atoms with E-state index in [2.05, 4.69) is 29.0 Å². The number of benzene rings is 2. The van der Waals surface area contributed by atoms with Gasteiger partial charge in [-0.05, 0) is 54.6 Å². The van der Waals surface area contributed by atoms with Crippen molar-refractivity contribution in [3.8, 4) is 0 Å². The van der Waals surface area contributed by atoms with Crippen LogP contribution in [0.2, 0.25) is 0 Å². The topological polar surface area (TPSA) is 60.1 Å². The molecule has 3 aromatic rings. The smallest absolute Gasteiger partial charge is 0.191 e. The molecule has 4 rings (SSSR count). The summed E-state index contributed by atoms with van der Waals surface area (Å²) < 4.78 is 5.60. The van der Waals surface area contributed by atoms with Gasteiger partial charge in [0.1, 0.15) is 5.82 Å². The van der Waals surface area contributed by atoms with E-state index in [1.165, 1.54) is 43.1 Å². The Bertz CT molecular complexity index is 975. The van der Waals surface area contributed by atoms with E-state index >= 15 is 0 Å². The zero-order valence-corrected chi connectivity index (χ0v) is 16.2. The summed E-state index contributed by atoms with van der Waals surface area (Å²) in [5.74, 6) is 0.496. The largest absolute Gasteiger partial charge is 0.385 e. The minimum atomic E-state index is -0.0279. The number of nitrogen functional groups attached to an aromatic ring is 1. The Kier molecular flexibility index (Phi) is 5.50. The molecule has 1 fully saturated rings. The molecule has 0 atom stereocenters. The second-order valence-electron chi connectivity index (χ2n) is 7.24. The van der Waals surface area contributed by atoms with Crippen LogP contribution < -0.4 is 15.9 Å². The number of fused-ring (bicyclic) bond motifs is 1. The third-order valence-corrected chi connectivity index (χ3v) is 6.22. The summed E-state index contributed by atoms with van der Waals surface area (Å²) in [6.07, 6.45) is 6.62. The number of nitrogens with zero attached hydrogens (tertiary/aromatic N) is 1. The average Bonchev–Trinajstić information content (AvgIpc) is 2.71. The standard InChI is InChI=1S/C22H25N3OS/c23-22-14-21(26)19-8-4-5-9-20(19)25(22)15-16-10-12-18(13-11-16)27-24-17-6-2-1-3-7-17/h4-5,8-14,17,24H,1-3,6-7,15,23H2. The minimum Gasteiger partial charge on any atom is -0.385 e. The first-order valence-corrected chi connectivity index (χ1v) is 10.4. The van der Waals surface area contributed by atoms with E-state index in [-0.39, 0.29) is 5.43 Å². The van der Waals surface area contributed by atoms with Gasteiger partial charge in [0.2, 0.25) is 0 Å². The molecule has 4 nitrogen and oxygen atoms in total. The highest BCUT2D eigenvalue weighted by Gasteiger charge is 2.13. The summed E-state index contributed by atoms with van der Waals surface area (Å²) in [6, 6.07) is 18.3. The molecule has 0 aliphatic heterocycles. The fourth-order valence-corrected chi connectivity index (χ4v) is 4.55. The van der Waals surface area contributed by atoms with Gasteiger partial charge in [0.15, 0.2) is 5.43 Å². The fraction of sp³-hybridized carbons (Fsp3) is 0.318. The van der Waals surface area contributed by atoms with Gasteiger partial charge in [-0.3, -0.25) is 9.52 Å².